The van der Waals surface area contributed by atoms with Gasteiger partial charge in [-0.05, 0) is 13.0 Å². The predicted octanol–water partition coefficient (Wildman–Crippen LogP) is 2.07. The van der Waals surface area contributed by atoms with Gasteiger partial charge in [-0.2, -0.15) is 0 Å². The molecule has 0 spiro atoms. The van der Waals surface area contributed by atoms with Crippen LogP contribution in [0.25, 0.3) is 0 Å². The van der Waals surface area contributed by atoms with Gasteiger partial charge < -0.3 is 0 Å². The quantitative estimate of drug-likeness (QED) is 0.618. The summed E-state index contributed by atoms with van der Waals surface area (Å²) in [7, 11) is -3.43. The largest absolute Gasteiger partial charge is 0.274 e. The van der Waals surface area contributed by atoms with E-state index in [1.807, 2.05) is 0 Å². The van der Waals surface area contributed by atoms with E-state index >= 15 is 0 Å². The minimum absolute atomic E-state index is 0.0633. The molecule has 0 radical (unpaired) electrons. The molecule has 0 saturated heterocycles. The van der Waals surface area contributed by atoms with Gasteiger partial charge in [0.25, 0.3) is 5.69 Å². The summed E-state index contributed by atoms with van der Waals surface area (Å²) >= 11 is 3.09. The van der Waals surface area contributed by atoms with Crippen molar-refractivity contribution in [3.8, 4) is 0 Å². The monoisotopic (exact) mass is 293 g/mol. The van der Waals surface area contributed by atoms with E-state index in [0.29, 0.717) is 10.0 Å². The van der Waals surface area contributed by atoms with Gasteiger partial charge in [0.05, 0.1) is 9.82 Å². The van der Waals surface area contributed by atoms with Crippen molar-refractivity contribution in [1.29, 1.82) is 0 Å². The van der Waals surface area contributed by atoms with Crippen LogP contribution in [-0.4, -0.2) is 19.6 Å². The summed E-state index contributed by atoms with van der Waals surface area (Å²) in [5, 5.41) is 10.6. The Morgan fingerprint density at radius 1 is 1.40 bits per heavy atom. The Morgan fingerprint density at radius 3 is 2.33 bits per heavy atom. The van der Waals surface area contributed by atoms with Gasteiger partial charge in [0.1, 0.15) is 0 Å². The molecule has 0 saturated carbocycles. The fourth-order valence-electron chi connectivity index (χ4n) is 1.04. The number of rotatable bonds is 2. The van der Waals surface area contributed by atoms with E-state index in [2.05, 4.69) is 15.9 Å². The summed E-state index contributed by atoms with van der Waals surface area (Å²) in [5.74, 6) is 0. The van der Waals surface area contributed by atoms with Gasteiger partial charge in [-0.1, -0.05) is 15.9 Å². The van der Waals surface area contributed by atoms with Crippen LogP contribution in [0.2, 0.25) is 0 Å². The molecule has 1 rings (SSSR count). The Bertz CT molecular complexity index is 524. The molecule has 0 N–H and O–H groups in total. The zero-order valence-corrected chi connectivity index (χ0v) is 10.4. The van der Waals surface area contributed by atoms with Gasteiger partial charge >= 0.3 is 0 Å². The molecule has 0 fully saturated rings. The highest BCUT2D eigenvalue weighted by Gasteiger charge is 2.19. The normalized spacial score (nSPS) is 11.4. The van der Waals surface area contributed by atoms with Gasteiger partial charge in [0.15, 0.2) is 9.84 Å². The lowest BCUT2D eigenvalue weighted by atomic mass is 10.2. The SMILES string of the molecule is Cc1c(Br)cc(S(C)(=O)=O)cc1[N+](=O)[O-]. The summed E-state index contributed by atoms with van der Waals surface area (Å²) in [4.78, 5) is 9.98. The molecular formula is C8H8BrNO4S. The van der Waals surface area contributed by atoms with Gasteiger partial charge in [-0.3, -0.25) is 10.1 Å². The first-order valence-electron chi connectivity index (χ1n) is 3.88. The molecule has 0 aliphatic heterocycles. The maximum atomic E-state index is 11.2. The van der Waals surface area contributed by atoms with Crippen LogP contribution in [0.15, 0.2) is 21.5 Å². The van der Waals surface area contributed by atoms with Crippen LogP contribution in [0.5, 0.6) is 0 Å². The van der Waals surface area contributed by atoms with Crippen molar-refractivity contribution in [3.63, 3.8) is 0 Å². The summed E-state index contributed by atoms with van der Waals surface area (Å²) in [6.45, 7) is 1.55. The molecule has 82 valence electrons. The third-order valence-corrected chi connectivity index (χ3v) is 3.83. The Morgan fingerprint density at radius 2 is 1.93 bits per heavy atom. The van der Waals surface area contributed by atoms with Crippen LogP contribution >= 0.6 is 15.9 Å². The lowest BCUT2D eigenvalue weighted by Gasteiger charge is -2.03. The maximum Gasteiger partial charge on any atom is 0.274 e. The fourth-order valence-corrected chi connectivity index (χ4v) is 2.30. The molecule has 0 bridgehead atoms. The van der Waals surface area contributed by atoms with Gasteiger partial charge in [-0.15, -0.1) is 0 Å². The molecular weight excluding hydrogens is 286 g/mol. The fraction of sp³-hybridized carbons (Fsp3) is 0.250. The van der Waals surface area contributed by atoms with Crippen LogP contribution < -0.4 is 0 Å². The zero-order chi connectivity index (χ0) is 11.8. The standard InChI is InChI=1S/C8H8BrNO4S/c1-5-7(9)3-6(15(2,13)14)4-8(5)10(11)12/h3-4H,1-2H3. The van der Waals surface area contributed by atoms with Crippen molar-refractivity contribution >= 4 is 31.5 Å². The van der Waals surface area contributed by atoms with Gasteiger partial charge in [-0.25, -0.2) is 8.42 Å². The molecule has 0 heterocycles. The minimum Gasteiger partial charge on any atom is -0.258 e. The molecule has 0 atom stereocenters. The average molecular weight is 294 g/mol. The second kappa shape index (κ2) is 3.90. The van der Waals surface area contributed by atoms with Crippen LogP contribution in [0.3, 0.4) is 0 Å². The van der Waals surface area contributed by atoms with Crippen molar-refractivity contribution < 1.29 is 13.3 Å². The first-order valence-corrected chi connectivity index (χ1v) is 6.56. The highest BCUT2D eigenvalue weighted by Crippen LogP contribution is 2.29. The van der Waals surface area contributed by atoms with E-state index < -0.39 is 14.8 Å². The zero-order valence-electron chi connectivity index (χ0n) is 8.02. The van der Waals surface area contributed by atoms with Crippen molar-refractivity contribution in [2.45, 2.75) is 11.8 Å². The number of halogens is 1. The Kier molecular flexibility index (Phi) is 3.15. The maximum absolute atomic E-state index is 11.2. The second-order valence-electron chi connectivity index (χ2n) is 3.08. The third kappa shape index (κ3) is 2.54. The van der Waals surface area contributed by atoms with Gasteiger partial charge in [0, 0.05) is 22.4 Å². The minimum atomic E-state index is -3.43. The topological polar surface area (TPSA) is 77.3 Å². The van der Waals surface area contributed by atoms with E-state index in [4.69, 9.17) is 0 Å². The number of nitro benzene ring substituents is 1. The molecule has 15 heavy (non-hydrogen) atoms. The molecule has 1 aromatic rings. The Labute approximate surface area is 95.3 Å². The van der Waals surface area contributed by atoms with E-state index in [1.165, 1.54) is 6.07 Å². The number of nitro groups is 1. The van der Waals surface area contributed by atoms with E-state index in [1.54, 1.807) is 6.92 Å². The lowest BCUT2D eigenvalue weighted by molar-refractivity contribution is -0.385. The van der Waals surface area contributed by atoms with E-state index in [9.17, 15) is 18.5 Å². The van der Waals surface area contributed by atoms with Crippen molar-refractivity contribution in [2.24, 2.45) is 0 Å². The number of sulfone groups is 1. The molecule has 0 aliphatic carbocycles. The van der Waals surface area contributed by atoms with Crippen LogP contribution in [0.1, 0.15) is 5.56 Å². The van der Waals surface area contributed by atoms with Gasteiger partial charge in [0.2, 0.25) is 0 Å². The number of hydrogen-bond donors (Lipinski definition) is 0. The van der Waals surface area contributed by atoms with E-state index in [0.717, 1.165) is 12.3 Å². The molecule has 0 aromatic heterocycles. The van der Waals surface area contributed by atoms with Crippen LogP contribution in [0, 0.1) is 17.0 Å². The highest BCUT2D eigenvalue weighted by molar-refractivity contribution is 9.10. The van der Waals surface area contributed by atoms with Crippen LogP contribution in [-0.2, 0) is 9.84 Å². The van der Waals surface area contributed by atoms with Crippen molar-refractivity contribution in [2.75, 3.05) is 6.26 Å². The van der Waals surface area contributed by atoms with Crippen molar-refractivity contribution in [3.05, 3.63) is 32.3 Å². The molecule has 1 aromatic carbocycles. The Hall–Kier alpha value is -0.950. The summed E-state index contributed by atoms with van der Waals surface area (Å²) in [5.41, 5.74) is 0.206. The predicted molar refractivity (Wildman–Crippen MR) is 58.6 cm³/mol. The number of hydrogen-bond acceptors (Lipinski definition) is 4. The summed E-state index contributed by atoms with van der Waals surface area (Å²) < 4.78 is 22.9. The average Bonchev–Trinajstić information content (AvgIpc) is 2.06. The molecule has 7 heteroatoms. The lowest BCUT2D eigenvalue weighted by Crippen LogP contribution is -2.00. The van der Waals surface area contributed by atoms with Crippen molar-refractivity contribution in [1.82, 2.24) is 0 Å². The molecule has 0 amide bonds. The number of benzene rings is 1. The van der Waals surface area contributed by atoms with E-state index in [-0.39, 0.29) is 10.6 Å². The summed E-state index contributed by atoms with van der Waals surface area (Å²) in [6, 6.07) is 2.42. The first-order chi connectivity index (χ1) is 6.73. The number of nitrogens with zero attached hydrogens (tertiary/aromatic N) is 1. The Balaban J connectivity index is 3.57. The molecule has 5 nitrogen and oxygen atoms in total. The third-order valence-electron chi connectivity index (χ3n) is 1.92. The second-order valence-corrected chi connectivity index (χ2v) is 5.95. The summed E-state index contributed by atoms with van der Waals surface area (Å²) in [6.07, 6.45) is 1.01. The smallest absolute Gasteiger partial charge is 0.258 e. The van der Waals surface area contributed by atoms with Crippen LogP contribution in [0.4, 0.5) is 5.69 Å². The molecule has 0 unspecified atom stereocenters. The first kappa shape index (κ1) is 12.1. The molecule has 0 aliphatic rings. The highest BCUT2D eigenvalue weighted by atomic mass is 79.9.